The molecule has 0 radical (unpaired) electrons. The van der Waals surface area contributed by atoms with Crippen LogP contribution in [0.2, 0.25) is 5.02 Å². The van der Waals surface area contributed by atoms with Crippen molar-refractivity contribution in [1.82, 2.24) is 0 Å². The second-order valence-electron chi connectivity index (χ2n) is 6.04. The molecule has 0 aromatic heterocycles. The fraction of sp³-hybridized carbons (Fsp3) is 0.316. The lowest BCUT2D eigenvalue weighted by molar-refractivity contribution is -0.116. The van der Waals surface area contributed by atoms with Crippen molar-refractivity contribution in [2.24, 2.45) is 5.73 Å². The predicted molar refractivity (Wildman–Crippen MR) is 109 cm³/mol. The first-order chi connectivity index (χ1) is 11.5. The van der Waals surface area contributed by atoms with E-state index in [2.05, 4.69) is 29.7 Å². The predicted octanol–water partition coefficient (Wildman–Crippen LogP) is 5.00. The van der Waals surface area contributed by atoms with Crippen LogP contribution in [0.25, 0.3) is 0 Å². The maximum Gasteiger partial charge on any atom is 0.224 e. The number of hydrogen-bond acceptors (Lipinski definition) is 3. The van der Waals surface area contributed by atoms with Crippen LogP contribution < -0.4 is 16.4 Å². The standard InChI is InChI=1S/C19H24ClN3O.ClH/c1-13(21)8-11-19(24)23-16-9-10-18(17(20)12-16)22-14(2)15-6-4-3-5-7-15;/h3-7,9-10,12-14,22H,8,11,21H2,1-2H3,(H,23,24);1H. The molecule has 0 bridgehead atoms. The summed E-state index contributed by atoms with van der Waals surface area (Å²) in [6, 6.07) is 15.8. The van der Waals surface area contributed by atoms with Crippen LogP contribution in [0.5, 0.6) is 0 Å². The third-order valence-electron chi connectivity index (χ3n) is 3.75. The van der Waals surface area contributed by atoms with Crippen molar-refractivity contribution in [3.63, 3.8) is 0 Å². The summed E-state index contributed by atoms with van der Waals surface area (Å²) in [5, 5.41) is 6.80. The number of benzene rings is 2. The van der Waals surface area contributed by atoms with Crippen LogP contribution in [-0.2, 0) is 4.79 Å². The summed E-state index contributed by atoms with van der Waals surface area (Å²) in [4.78, 5) is 11.9. The van der Waals surface area contributed by atoms with Gasteiger partial charge in [0.1, 0.15) is 0 Å². The Bertz CT molecular complexity index is 678. The summed E-state index contributed by atoms with van der Waals surface area (Å²) >= 11 is 6.34. The number of anilines is 2. The van der Waals surface area contributed by atoms with E-state index in [4.69, 9.17) is 17.3 Å². The van der Waals surface area contributed by atoms with Gasteiger partial charge in [0, 0.05) is 24.2 Å². The van der Waals surface area contributed by atoms with Crippen LogP contribution in [0.3, 0.4) is 0 Å². The highest BCUT2D eigenvalue weighted by molar-refractivity contribution is 6.33. The summed E-state index contributed by atoms with van der Waals surface area (Å²) in [5.41, 5.74) is 8.37. The highest BCUT2D eigenvalue weighted by atomic mass is 35.5. The minimum absolute atomic E-state index is 0. The van der Waals surface area contributed by atoms with Gasteiger partial charge >= 0.3 is 0 Å². The molecule has 0 fully saturated rings. The van der Waals surface area contributed by atoms with Crippen LogP contribution in [0.15, 0.2) is 48.5 Å². The Balaban J connectivity index is 0.00000312. The van der Waals surface area contributed by atoms with Crippen LogP contribution in [-0.4, -0.2) is 11.9 Å². The molecule has 2 aromatic carbocycles. The quantitative estimate of drug-likeness (QED) is 0.631. The van der Waals surface area contributed by atoms with Gasteiger partial charge in [0.25, 0.3) is 0 Å². The third-order valence-corrected chi connectivity index (χ3v) is 4.06. The molecule has 0 aliphatic carbocycles. The lowest BCUT2D eigenvalue weighted by Gasteiger charge is -2.17. The van der Waals surface area contributed by atoms with Crippen LogP contribution in [0.4, 0.5) is 11.4 Å². The second kappa shape index (κ2) is 10.3. The molecule has 0 heterocycles. The summed E-state index contributed by atoms with van der Waals surface area (Å²) in [6.45, 7) is 3.97. The smallest absolute Gasteiger partial charge is 0.224 e. The lowest BCUT2D eigenvalue weighted by atomic mass is 10.1. The van der Waals surface area contributed by atoms with Gasteiger partial charge in [0.15, 0.2) is 0 Å². The van der Waals surface area contributed by atoms with E-state index in [0.29, 0.717) is 23.6 Å². The fourth-order valence-electron chi connectivity index (χ4n) is 2.35. The van der Waals surface area contributed by atoms with E-state index in [1.54, 1.807) is 6.07 Å². The monoisotopic (exact) mass is 381 g/mol. The number of hydrogen-bond donors (Lipinski definition) is 3. The highest BCUT2D eigenvalue weighted by Gasteiger charge is 2.09. The molecule has 2 aromatic rings. The molecule has 0 aliphatic rings. The molecule has 136 valence electrons. The Morgan fingerprint density at radius 3 is 2.44 bits per heavy atom. The normalized spacial score (nSPS) is 12.6. The zero-order valence-corrected chi connectivity index (χ0v) is 16.0. The molecule has 0 aliphatic heterocycles. The van der Waals surface area contributed by atoms with Crippen molar-refractivity contribution in [2.75, 3.05) is 10.6 Å². The summed E-state index contributed by atoms with van der Waals surface area (Å²) in [5.74, 6) is -0.0540. The van der Waals surface area contributed by atoms with Crippen molar-refractivity contribution < 1.29 is 4.79 Å². The van der Waals surface area contributed by atoms with Gasteiger partial charge in [-0.3, -0.25) is 4.79 Å². The molecule has 2 unspecified atom stereocenters. The molecule has 1 amide bonds. The second-order valence-corrected chi connectivity index (χ2v) is 6.44. The first kappa shape index (κ1) is 21.3. The van der Waals surface area contributed by atoms with Crippen molar-refractivity contribution in [1.29, 1.82) is 0 Å². The number of carbonyl (C=O) groups excluding carboxylic acids is 1. The molecular formula is C19H25Cl2N3O. The topological polar surface area (TPSA) is 67.2 Å². The van der Waals surface area contributed by atoms with Gasteiger partial charge in [0.05, 0.1) is 10.7 Å². The zero-order chi connectivity index (χ0) is 17.5. The Kier molecular flexibility index (Phi) is 8.76. The van der Waals surface area contributed by atoms with E-state index in [0.717, 1.165) is 5.69 Å². The molecule has 4 N–H and O–H groups in total. The van der Waals surface area contributed by atoms with E-state index in [1.165, 1.54) is 5.56 Å². The van der Waals surface area contributed by atoms with E-state index >= 15 is 0 Å². The van der Waals surface area contributed by atoms with Gasteiger partial charge in [-0.1, -0.05) is 41.9 Å². The number of halogens is 2. The molecular weight excluding hydrogens is 357 g/mol. The Morgan fingerprint density at radius 2 is 1.84 bits per heavy atom. The molecule has 6 heteroatoms. The number of amides is 1. The van der Waals surface area contributed by atoms with Crippen LogP contribution in [0.1, 0.15) is 38.3 Å². The number of nitrogens with two attached hydrogens (primary N) is 1. The molecule has 0 spiro atoms. The average molecular weight is 382 g/mol. The molecule has 0 saturated carbocycles. The average Bonchev–Trinajstić information content (AvgIpc) is 2.56. The molecule has 0 saturated heterocycles. The Morgan fingerprint density at radius 1 is 1.16 bits per heavy atom. The van der Waals surface area contributed by atoms with Crippen LogP contribution in [0, 0.1) is 0 Å². The van der Waals surface area contributed by atoms with Crippen LogP contribution >= 0.6 is 24.0 Å². The summed E-state index contributed by atoms with van der Waals surface area (Å²) < 4.78 is 0. The van der Waals surface area contributed by atoms with Crippen molar-refractivity contribution in [3.05, 3.63) is 59.1 Å². The largest absolute Gasteiger partial charge is 0.377 e. The fourth-order valence-corrected chi connectivity index (χ4v) is 2.59. The Labute approximate surface area is 160 Å². The van der Waals surface area contributed by atoms with Crippen molar-refractivity contribution in [2.45, 2.75) is 38.8 Å². The SMILES string of the molecule is CC(N)CCC(=O)Nc1ccc(NC(C)c2ccccc2)c(Cl)c1.Cl. The van der Waals surface area contributed by atoms with E-state index < -0.39 is 0 Å². The molecule has 2 rings (SSSR count). The van der Waals surface area contributed by atoms with Crippen molar-refractivity contribution in [3.8, 4) is 0 Å². The van der Waals surface area contributed by atoms with E-state index in [9.17, 15) is 4.79 Å². The zero-order valence-electron chi connectivity index (χ0n) is 14.5. The van der Waals surface area contributed by atoms with Crippen molar-refractivity contribution >= 4 is 41.3 Å². The number of carbonyl (C=O) groups is 1. The molecule has 4 nitrogen and oxygen atoms in total. The lowest BCUT2D eigenvalue weighted by Crippen LogP contribution is -2.19. The molecule has 2 atom stereocenters. The minimum Gasteiger partial charge on any atom is -0.377 e. The molecule has 25 heavy (non-hydrogen) atoms. The van der Waals surface area contributed by atoms with E-state index in [1.807, 2.05) is 37.3 Å². The first-order valence-electron chi connectivity index (χ1n) is 8.12. The maximum absolute atomic E-state index is 11.9. The summed E-state index contributed by atoms with van der Waals surface area (Å²) in [6.07, 6.45) is 1.06. The first-order valence-corrected chi connectivity index (χ1v) is 8.50. The van der Waals surface area contributed by atoms with Gasteiger partial charge in [-0.15, -0.1) is 12.4 Å². The minimum atomic E-state index is -0.0540. The van der Waals surface area contributed by atoms with Gasteiger partial charge in [0.2, 0.25) is 5.91 Å². The van der Waals surface area contributed by atoms with E-state index in [-0.39, 0.29) is 30.4 Å². The number of nitrogens with one attached hydrogen (secondary N) is 2. The number of rotatable bonds is 7. The Hall–Kier alpha value is -1.75. The maximum atomic E-state index is 11.9. The highest BCUT2D eigenvalue weighted by Crippen LogP contribution is 2.29. The summed E-state index contributed by atoms with van der Waals surface area (Å²) in [7, 11) is 0. The van der Waals surface area contributed by atoms with Gasteiger partial charge in [-0.2, -0.15) is 0 Å². The third kappa shape index (κ3) is 6.94. The van der Waals surface area contributed by atoms with Gasteiger partial charge < -0.3 is 16.4 Å². The van der Waals surface area contributed by atoms with Gasteiger partial charge in [-0.25, -0.2) is 0 Å². The van der Waals surface area contributed by atoms with Gasteiger partial charge in [-0.05, 0) is 44.0 Å².